The van der Waals surface area contributed by atoms with Crippen molar-refractivity contribution < 1.29 is 4.74 Å². The fourth-order valence-corrected chi connectivity index (χ4v) is 3.92. The van der Waals surface area contributed by atoms with Crippen LogP contribution in [0.5, 0.6) is 11.5 Å². The summed E-state index contributed by atoms with van der Waals surface area (Å²) in [6, 6.07) is 18.9. The third-order valence-corrected chi connectivity index (χ3v) is 5.62. The fraction of sp³-hybridized carbons (Fsp3) is 0.556. The van der Waals surface area contributed by atoms with Crippen molar-refractivity contribution in [3.05, 3.63) is 60.2 Å². The monoisotopic (exact) mass is 380 g/mol. The first-order valence-electron chi connectivity index (χ1n) is 11.7. The molecule has 2 aromatic carbocycles. The molecule has 0 spiro atoms. The molecule has 0 amide bonds. The lowest BCUT2D eigenvalue weighted by Crippen LogP contribution is -2.00. The molecular weight excluding hydrogens is 340 g/mol. The van der Waals surface area contributed by atoms with E-state index in [2.05, 4.69) is 38.1 Å². The van der Waals surface area contributed by atoms with E-state index in [4.69, 9.17) is 4.74 Å². The van der Waals surface area contributed by atoms with Gasteiger partial charge in [-0.2, -0.15) is 0 Å². The number of para-hydroxylation sites is 1. The van der Waals surface area contributed by atoms with E-state index in [0.29, 0.717) is 5.92 Å². The lowest BCUT2D eigenvalue weighted by atomic mass is 9.88. The van der Waals surface area contributed by atoms with Crippen LogP contribution in [0, 0.1) is 0 Å². The molecule has 1 unspecified atom stereocenters. The Hall–Kier alpha value is -1.76. The van der Waals surface area contributed by atoms with Crippen molar-refractivity contribution in [1.29, 1.82) is 0 Å². The topological polar surface area (TPSA) is 9.23 Å². The Bertz CT molecular complexity index is 619. The van der Waals surface area contributed by atoms with E-state index in [1.54, 1.807) is 0 Å². The van der Waals surface area contributed by atoms with Gasteiger partial charge in [-0.15, -0.1) is 0 Å². The van der Waals surface area contributed by atoms with Crippen LogP contribution in [-0.4, -0.2) is 0 Å². The summed E-state index contributed by atoms with van der Waals surface area (Å²) in [6.07, 6.45) is 16.2. The highest BCUT2D eigenvalue weighted by Gasteiger charge is 2.12. The van der Waals surface area contributed by atoms with Gasteiger partial charge in [-0.3, -0.25) is 0 Å². The first-order chi connectivity index (χ1) is 13.8. The molecule has 0 aliphatic heterocycles. The molecule has 2 rings (SSSR count). The Labute approximate surface area is 173 Å². The van der Waals surface area contributed by atoms with Crippen LogP contribution < -0.4 is 4.74 Å². The molecule has 1 atom stereocenters. The minimum atomic E-state index is 0.669. The van der Waals surface area contributed by atoms with Gasteiger partial charge in [0, 0.05) is 0 Å². The molecule has 1 nitrogen and oxygen atoms in total. The van der Waals surface area contributed by atoms with E-state index in [-0.39, 0.29) is 0 Å². The summed E-state index contributed by atoms with van der Waals surface area (Å²) in [7, 11) is 0. The van der Waals surface area contributed by atoms with Gasteiger partial charge in [0.25, 0.3) is 0 Å². The van der Waals surface area contributed by atoms with E-state index in [1.165, 1.54) is 82.6 Å². The van der Waals surface area contributed by atoms with Crippen LogP contribution in [0.1, 0.15) is 102 Å². The van der Waals surface area contributed by atoms with Crippen LogP contribution in [0.25, 0.3) is 0 Å². The number of hydrogen-bond acceptors (Lipinski definition) is 1. The summed E-state index contributed by atoms with van der Waals surface area (Å²) >= 11 is 0. The predicted octanol–water partition coefficient (Wildman–Crippen LogP) is 9.28. The standard InChI is InChI=1S/C27H40O/c1-3-5-7-9-10-13-18-24(17-12-8-6-4-2)25-19-16-22-27(23-25)28-26-20-14-11-15-21-26/h11,14-16,19-24H,3-10,12-13,17-18H2,1-2H3. The summed E-state index contributed by atoms with van der Waals surface area (Å²) < 4.78 is 6.08. The van der Waals surface area contributed by atoms with Crippen LogP contribution in [0.3, 0.4) is 0 Å². The molecule has 28 heavy (non-hydrogen) atoms. The minimum Gasteiger partial charge on any atom is -0.457 e. The number of unbranched alkanes of at least 4 members (excludes halogenated alkanes) is 8. The number of rotatable bonds is 15. The minimum absolute atomic E-state index is 0.669. The van der Waals surface area contributed by atoms with Crippen LogP contribution >= 0.6 is 0 Å². The molecule has 1 heteroatoms. The second-order valence-corrected chi connectivity index (χ2v) is 8.09. The van der Waals surface area contributed by atoms with Gasteiger partial charge in [-0.05, 0) is 48.6 Å². The molecule has 0 bridgehead atoms. The zero-order valence-electron chi connectivity index (χ0n) is 18.2. The van der Waals surface area contributed by atoms with Crippen LogP contribution in [0.15, 0.2) is 54.6 Å². The van der Waals surface area contributed by atoms with Gasteiger partial charge in [0.05, 0.1) is 0 Å². The van der Waals surface area contributed by atoms with Crippen LogP contribution in [0.2, 0.25) is 0 Å². The first kappa shape index (κ1) is 22.5. The van der Waals surface area contributed by atoms with E-state index >= 15 is 0 Å². The summed E-state index contributed by atoms with van der Waals surface area (Å²) in [5, 5.41) is 0. The van der Waals surface area contributed by atoms with E-state index in [0.717, 1.165) is 11.5 Å². The van der Waals surface area contributed by atoms with Crippen molar-refractivity contribution >= 4 is 0 Å². The second-order valence-electron chi connectivity index (χ2n) is 8.09. The smallest absolute Gasteiger partial charge is 0.127 e. The van der Waals surface area contributed by atoms with Crippen molar-refractivity contribution in [2.45, 2.75) is 96.8 Å². The van der Waals surface area contributed by atoms with Gasteiger partial charge in [-0.25, -0.2) is 0 Å². The molecule has 0 N–H and O–H groups in total. The maximum Gasteiger partial charge on any atom is 0.127 e. The van der Waals surface area contributed by atoms with E-state index < -0.39 is 0 Å². The van der Waals surface area contributed by atoms with Crippen LogP contribution in [0.4, 0.5) is 0 Å². The average molecular weight is 381 g/mol. The SMILES string of the molecule is CCCCCCCCC(CCCCCC)c1cccc(Oc2ccccc2)c1. The zero-order valence-corrected chi connectivity index (χ0v) is 18.2. The second kappa shape index (κ2) is 14.3. The van der Waals surface area contributed by atoms with Gasteiger partial charge in [0.15, 0.2) is 0 Å². The number of ether oxygens (including phenoxy) is 1. The molecule has 154 valence electrons. The summed E-state index contributed by atoms with van der Waals surface area (Å²) in [5.41, 5.74) is 1.46. The highest BCUT2D eigenvalue weighted by atomic mass is 16.5. The van der Waals surface area contributed by atoms with Crippen molar-refractivity contribution in [3.63, 3.8) is 0 Å². The van der Waals surface area contributed by atoms with Gasteiger partial charge in [0.2, 0.25) is 0 Å². The molecule has 0 aliphatic rings. The molecular formula is C27H40O. The van der Waals surface area contributed by atoms with Gasteiger partial charge in [-0.1, -0.05) is 108 Å². The van der Waals surface area contributed by atoms with E-state index in [9.17, 15) is 0 Å². The Kier molecular flexibility index (Phi) is 11.5. The largest absolute Gasteiger partial charge is 0.457 e. The quantitative estimate of drug-likeness (QED) is 0.280. The molecule has 0 fully saturated rings. The zero-order chi connectivity index (χ0) is 19.9. The van der Waals surface area contributed by atoms with Crippen molar-refractivity contribution in [3.8, 4) is 11.5 Å². The molecule has 2 aromatic rings. The Balaban J connectivity index is 1.94. The van der Waals surface area contributed by atoms with Crippen molar-refractivity contribution in [2.24, 2.45) is 0 Å². The maximum atomic E-state index is 6.08. The Morgan fingerprint density at radius 3 is 1.86 bits per heavy atom. The normalized spacial score (nSPS) is 12.1. The first-order valence-corrected chi connectivity index (χ1v) is 11.7. The molecule has 0 saturated heterocycles. The van der Waals surface area contributed by atoms with E-state index in [1.807, 2.05) is 30.3 Å². The van der Waals surface area contributed by atoms with Crippen molar-refractivity contribution in [1.82, 2.24) is 0 Å². The van der Waals surface area contributed by atoms with Gasteiger partial charge < -0.3 is 4.74 Å². The number of benzene rings is 2. The third-order valence-electron chi connectivity index (χ3n) is 5.62. The Morgan fingerprint density at radius 2 is 1.18 bits per heavy atom. The molecule has 0 aliphatic carbocycles. The fourth-order valence-electron chi connectivity index (χ4n) is 3.92. The third kappa shape index (κ3) is 8.95. The average Bonchev–Trinajstić information content (AvgIpc) is 2.73. The van der Waals surface area contributed by atoms with Gasteiger partial charge in [0.1, 0.15) is 11.5 Å². The van der Waals surface area contributed by atoms with Gasteiger partial charge >= 0.3 is 0 Å². The summed E-state index contributed by atoms with van der Waals surface area (Å²) in [5.74, 6) is 2.54. The molecule has 0 heterocycles. The lowest BCUT2D eigenvalue weighted by Gasteiger charge is -2.18. The maximum absolute atomic E-state index is 6.08. The Morgan fingerprint density at radius 1 is 0.607 bits per heavy atom. The van der Waals surface area contributed by atoms with Crippen molar-refractivity contribution in [2.75, 3.05) is 0 Å². The van der Waals surface area contributed by atoms with Crippen LogP contribution in [-0.2, 0) is 0 Å². The number of hydrogen-bond donors (Lipinski definition) is 0. The molecule has 0 aromatic heterocycles. The summed E-state index contributed by atoms with van der Waals surface area (Å²) in [6.45, 7) is 4.58. The highest BCUT2D eigenvalue weighted by Crippen LogP contribution is 2.32. The lowest BCUT2D eigenvalue weighted by molar-refractivity contribution is 0.472. The highest BCUT2D eigenvalue weighted by molar-refractivity contribution is 5.35. The molecule has 0 radical (unpaired) electrons. The summed E-state index contributed by atoms with van der Waals surface area (Å²) in [4.78, 5) is 0. The predicted molar refractivity (Wildman–Crippen MR) is 122 cm³/mol. The molecule has 0 saturated carbocycles.